The second-order valence-electron chi connectivity index (χ2n) is 4.19. The molecule has 0 aliphatic carbocycles. The summed E-state index contributed by atoms with van der Waals surface area (Å²) >= 11 is 0. The van der Waals surface area contributed by atoms with Crippen molar-refractivity contribution in [2.24, 2.45) is 0 Å². The van der Waals surface area contributed by atoms with Gasteiger partial charge in [0.25, 0.3) is 0 Å². The summed E-state index contributed by atoms with van der Waals surface area (Å²) in [6, 6.07) is 9.96. The number of rotatable bonds is 2. The van der Waals surface area contributed by atoms with Gasteiger partial charge in [0.15, 0.2) is 5.43 Å². The van der Waals surface area contributed by atoms with E-state index in [0.29, 0.717) is 5.69 Å². The fourth-order valence-corrected chi connectivity index (χ4v) is 2.12. The lowest BCUT2D eigenvalue weighted by atomic mass is 10.1. The molecule has 0 bridgehead atoms. The van der Waals surface area contributed by atoms with Gasteiger partial charge in [0.1, 0.15) is 5.69 Å². The summed E-state index contributed by atoms with van der Waals surface area (Å²) in [5, 5.41) is 9.91. The number of fused-ring (bicyclic) bond motifs is 1. The van der Waals surface area contributed by atoms with Gasteiger partial charge >= 0.3 is 5.97 Å². The number of hydrogen-bond acceptors (Lipinski definition) is 2. The highest BCUT2D eigenvalue weighted by Gasteiger charge is 2.10. The van der Waals surface area contributed by atoms with Gasteiger partial charge in [-0.1, -0.05) is 12.1 Å². The molecule has 0 atom stereocenters. The lowest BCUT2D eigenvalue weighted by molar-refractivity contribution is 0.0690. The van der Waals surface area contributed by atoms with E-state index in [0.717, 1.165) is 22.5 Å². The van der Waals surface area contributed by atoms with Gasteiger partial charge in [-0.05, 0) is 12.1 Å². The maximum atomic E-state index is 11.6. The number of carboxylic acids is 1. The number of benzene rings is 1. The molecule has 2 aromatic heterocycles. The van der Waals surface area contributed by atoms with Crippen molar-refractivity contribution in [1.82, 2.24) is 9.97 Å². The number of aromatic amines is 2. The maximum Gasteiger partial charge on any atom is 0.352 e. The van der Waals surface area contributed by atoms with Crippen LogP contribution in [-0.4, -0.2) is 21.0 Å². The smallest absolute Gasteiger partial charge is 0.352 e. The number of nitrogens with one attached hydrogen (secondary N) is 2. The molecule has 5 heteroatoms. The van der Waals surface area contributed by atoms with Crippen molar-refractivity contribution < 1.29 is 9.90 Å². The van der Waals surface area contributed by atoms with Crippen LogP contribution in [0, 0.1) is 0 Å². The topological polar surface area (TPSA) is 85.9 Å². The lowest BCUT2D eigenvalue weighted by Gasteiger charge is -2.05. The molecule has 0 radical (unpaired) electrons. The summed E-state index contributed by atoms with van der Waals surface area (Å²) in [6.07, 6.45) is 1.80. The van der Waals surface area contributed by atoms with E-state index in [2.05, 4.69) is 9.97 Å². The second kappa shape index (κ2) is 4.13. The highest BCUT2D eigenvalue weighted by Crippen LogP contribution is 2.25. The second-order valence-corrected chi connectivity index (χ2v) is 4.19. The number of aromatic nitrogens is 2. The third kappa shape index (κ3) is 1.91. The lowest BCUT2D eigenvalue weighted by Crippen LogP contribution is -2.09. The molecule has 5 nitrogen and oxygen atoms in total. The fourth-order valence-electron chi connectivity index (χ4n) is 2.12. The Bertz CT molecular complexity index is 830. The van der Waals surface area contributed by atoms with Gasteiger partial charge in [-0.2, -0.15) is 0 Å². The highest BCUT2D eigenvalue weighted by atomic mass is 16.4. The molecule has 0 fully saturated rings. The summed E-state index contributed by atoms with van der Waals surface area (Å²) in [7, 11) is 0. The van der Waals surface area contributed by atoms with Gasteiger partial charge < -0.3 is 15.1 Å². The van der Waals surface area contributed by atoms with Crippen LogP contribution in [0.3, 0.4) is 0 Å². The average molecular weight is 254 g/mol. The Morgan fingerprint density at radius 3 is 2.79 bits per heavy atom. The standard InChI is InChI=1S/C14H10N2O3/c17-8-6-12(16-13(7-8)14(18)19)9-2-1-3-11-10(9)4-5-15-11/h1-7,15H,(H,16,17)(H,18,19). The zero-order valence-electron chi connectivity index (χ0n) is 9.81. The van der Waals surface area contributed by atoms with Crippen LogP contribution in [0.5, 0.6) is 0 Å². The van der Waals surface area contributed by atoms with Crippen LogP contribution in [0.2, 0.25) is 0 Å². The summed E-state index contributed by atoms with van der Waals surface area (Å²) in [5.41, 5.74) is 1.77. The molecule has 3 N–H and O–H groups in total. The van der Waals surface area contributed by atoms with Crippen LogP contribution in [0.4, 0.5) is 0 Å². The first-order valence-electron chi connectivity index (χ1n) is 5.69. The Morgan fingerprint density at radius 2 is 2.00 bits per heavy atom. The summed E-state index contributed by atoms with van der Waals surface area (Å²) in [5.74, 6) is -1.15. The van der Waals surface area contributed by atoms with Crippen molar-refractivity contribution in [3.8, 4) is 11.3 Å². The van der Waals surface area contributed by atoms with Crippen LogP contribution in [0.25, 0.3) is 22.2 Å². The number of hydrogen-bond donors (Lipinski definition) is 3. The zero-order chi connectivity index (χ0) is 13.4. The number of carbonyl (C=O) groups is 1. The molecule has 2 heterocycles. The molecule has 0 amide bonds. The minimum atomic E-state index is -1.15. The molecule has 0 spiro atoms. The minimum Gasteiger partial charge on any atom is -0.477 e. The SMILES string of the molecule is O=C(O)c1cc(=O)cc(-c2cccc3[nH]ccc23)[nH]1. The third-order valence-electron chi connectivity index (χ3n) is 2.96. The Balaban J connectivity index is 2.30. The number of aromatic carboxylic acids is 1. The van der Waals surface area contributed by atoms with E-state index in [9.17, 15) is 9.59 Å². The Morgan fingerprint density at radius 1 is 1.16 bits per heavy atom. The average Bonchev–Trinajstić information content (AvgIpc) is 2.85. The van der Waals surface area contributed by atoms with Gasteiger partial charge in [0, 0.05) is 34.8 Å². The van der Waals surface area contributed by atoms with Crippen molar-refractivity contribution in [3.63, 3.8) is 0 Å². The van der Waals surface area contributed by atoms with Gasteiger partial charge in [0.05, 0.1) is 5.69 Å². The highest BCUT2D eigenvalue weighted by molar-refractivity contribution is 5.95. The maximum absolute atomic E-state index is 11.6. The van der Waals surface area contributed by atoms with Gasteiger partial charge in [0.2, 0.25) is 0 Å². The molecule has 1 aromatic carbocycles. The summed E-state index contributed by atoms with van der Waals surface area (Å²) in [6.45, 7) is 0. The predicted molar refractivity (Wildman–Crippen MR) is 71.3 cm³/mol. The molecule has 0 saturated heterocycles. The van der Waals surface area contributed by atoms with E-state index in [1.807, 2.05) is 24.3 Å². The van der Waals surface area contributed by atoms with Crippen LogP contribution >= 0.6 is 0 Å². The van der Waals surface area contributed by atoms with Crippen LogP contribution < -0.4 is 5.43 Å². The largest absolute Gasteiger partial charge is 0.477 e. The molecule has 19 heavy (non-hydrogen) atoms. The predicted octanol–water partition coefficient (Wildman–Crippen LogP) is 2.22. The van der Waals surface area contributed by atoms with Crippen molar-refractivity contribution in [1.29, 1.82) is 0 Å². The molecule has 3 rings (SSSR count). The first kappa shape index (κ1) is 11.3. The normalized spacial score (nSPS) is 10.7. The van der Waals surface area contributed by atoms with Gasteiger partial charge in [-0.25, -0.2) is 4.79 Å². The monoisotopic (exact) mass is 254 g/mol. The summed E-state index contributed by atoms with van der Waals surface area (Å²) < 4.78 is 0. The quantitative estimate of drug-likeness (QED) is 0.655. The molecule has 94 valence electrons. The van der Waals surface area contributed by atoms with Crippen molar-refractivity contribution in [3.05, 3.63) is 58.5 Å². The minimum absolute atomic E-state index is 0.116. The molecular formula is C14H10N2O3. The Labute approximate surface area is 107 Å². The van der Waals surface area contributed by atoms with E-state index in [4.69, 9.17) is 5.11 Å². The summed E-state index contributed by atoms with van der Waals surface area (Å²) in [4.78, 5) is 28.4. The van der Waals surface area contributed by atoms with Crippen LogP contribution in [-0.2, 0) is 0 Å². The fraction of sp³-hybridized carbons (Fsp3) is 0. The Hall–Kier alpha value is -2.82. The first-order valence-corrected chi connectivity index (χ1v) is 5.69. The van der Waals surface area contributed by atoms with Gasteiger partial charge in [-0.15, -0.1) is 0 Å². The number of pyridine rings is 1. The van der Waals surface area contributed by atoms with Crippen LogP contribution in [0.1, 0.15) is 10.5 Å². The van der Waals surface area contributed by atoms with Crippen molar-refractivity contribution >= 4 is 16.9 Å². The number of H-pyrrole nitrogens is 2. The Kier molecular flexibility index (Phi) is 2.45. The first-order chi connectivity index (χ1) is 9.15. The molecule has 0 aliphatic heterocycles. The van der Waals surface area contributed by atoms with E-state index in [1.54, 1.807) is 6.20 Å². The van der Waals surface area contributed by atoms with Crippen molar-refractivity contribution in [2.75, 3.05) is 0 Å². The zero-order valence-corrected chi connectivity index (χ0v) is 9.81. The third-order valence-corrected chi connectivity index (χ3v) is 2.96. The van der Waals surface area contributed by atoms with Crippen molar-refractivity contribution in [2.45, 2.75) is 0 Å². The molecule has 0 aliphatic rings. The molecular weight excluding hydrogens is 244 g/mol. The number of carboxylic acid groups (broad SMARTS) is 1. The molecule has 3 aromatic rings. The molecule has 0 saturated carbocycles. The molecule has 0 unspecified atom stereocenters. The van der Waals surface area contributed by atoms with E-state index in [1.165, 1.54) is 6.07 Å². The van der Waals surface area contributed by atoms with Crippen LogP contribution in [0.15, 0.2) is 47.4 Å². The van der Waals surface area contributed by atoms with E-state index in [-0.39, 0.29) is 11.1 Å². The van der Waals surface area contributed by atoms with E-state index < -0.39 is 5.97 Å². The van der Waals surface area contributed by atoms with E-state index >= 15 is 0 Å². The van der Waals surface area contributed by atoms with Gasteiger partial charge in [-0.3, -0.25) is 4.79 Å².